The van der Waals surface area contributed by atoms with Gasteiger partial charge in [-0.2, -0.15) is 0 Å². The van der Waals surface area contributed by atoms with Crippen molar-refractivity contribution in [3.63, 3.8) is 0 Å². The van der Waals surface area contributed by atoms with Crippen molar-refractivity contribution in [1.29, 1.82) is 0 Å². The van der Waals surface area contributed by atoms with Gasteiger partial charge in [0.05, 0.1) is 9.85 Å². The van der Waals surface area contributed by atoms with Crippen molar-refractivity contribution in [2.75, 3.05) is 0 Å². The van der Waals surface area contributed by atoms with Crippen LogP contribution in [-0.4, -0.2) is 9.85 Å². The molecule has 0 unspecified atom stereocenters. The molecule has 6 heteroatoms. The Bertz CT molecular complexity index is 305. The SMILES string of the molecule is CC.O=[N+]([O-])c1ccccc1[N+](=O)[O-]. The summed E-state index contributed by atoms with van der Waals surface area (Å²) in [6.45, 7) is 4.00. The summed E-state index contributed by atoms with van der Waals surface area (Å²) in [5.41, 5.74) is -0.968. The summed E-state index contributed by atoms with van der Waals surface area (Å²) in [4.78, 5) is 18.9. The van der Waals surface area contributed by atoms with Gasteiger partial charge < -0.3 is 0 Å². The Morgan fingerprint density at radius 1 is 0.929 bits per heavy atom. The van der Waals surface area contributed by atoms with E-state index in [2.05, 4.69) is 0 Å². The second kappa shape index (κ2) is 5.63. The first-order chi connectivity index (χ1) is 6.63. The van der Waals surface area contributed by atoms with Gasteiger partial charge in [0, 0.05) is 12.1 Å². The fourth-order valence-corrected chi connectivity index (χ4v) is 0.773. The molecular formula is C8H10N2O4. The summed E-state index contributed by atoms with van der Waals surface area (Å²) in [5.74, 6) is 0. The molecule has 0 amide bonds. The highest BCUT2D eigenvalue weighted by Crippen LogP contribution is 2.24. The Hall–Kier alpha value is -1.98. The molecule has 0 saturated heterocycles. The molecule has 0 saturated carbocycles. The molecule has 0 heterocycles. The summed E-state index contributed by atoms with van der Waals surface area (Å²) < 4.78 is 0. The Balaban J connectivity index is 0.000000791. The topological polar surface area (TPSA) is 86.3 Å². The van der Waals surface area contributed by atoms with E-state index in [1.54, 1.807) is 0 Å². The molecule has 14 heavy (non-hydrogen) atoms. The number of benzene rings is 1. The van der Waals surface area contributed by atoms with Crippen LogP contribution in [0.1, 0.15) is 13.8 Å². The van der Waals surface area contributed by atoms with Crippen LogP contribution in [0.2, 0.25) is 0 Å². The number of nitrogens with zero attached hydrogens (tertiary/aromatic N) is 2. The Labute approximate surface area is 80.5 Å². The third-order valence-corrected chi connectivity index (χ3v) is 1.28. The highest BCUT2D eigenvalue weighted by Gasteiger charge is 2.21. The minimum Gasteiger partial charge on any atom is -0.258 e. The van der Waals surface area contributed by atoms with E-state index in [9.17, 15) is 20.2 Å². The van der Waals surface area contributed by atoms with Crippen molar-refractivity contribution in [2.24, 2.45) is 0 Å². The van der Waals surface area contributed by atoms with Gasteiger partial charge in [0.2, 0.25) is 0 Å². The van der Waals surface area contributed by atoms with Crippen molar-refractivity contribution in [2.45, 2.75) is 13.8 Å². The molecule has 0 aromatic heterocycles. The molecule has 0 bridgehead atoms. The van der Waals surface area contributed by atoms with E-state index in [1.807, 2.05) is 13.8 Å². The first-order valence-electron chi connectivity index (χ1n) is 4.00. The zero-order valence-corrected chi connectivity index (χ0v) is 7.84. The fourth-order valence-electron chi connectivity index (χ4n) is 0.773. The van der Waals surface area contributed by atoms with Gasteiger partial charge in [0.1, 0.15) is 0 Å². The van der Waals surface area contributed by atoms with Crippen molar-refractivity contribution in [1.82, 2.24) is 0 Å². The number of nitro benzene ring substituents is 2. The van der Waals surface area contributed by atoms with Crippen LogP contribution in [0.15, 0.2) is 24.3 Å². The minimum absolute atomic E-state index is 0.484. The smallest absolute Gasteiger partial charge is 0.258 e. The van der Waals surface area contributed by atoms with Gasteiger partial charge >= 0.3 is 11.4 Å². The van der Waals surface area contributed by atoms with E-state index in [4.69, 9.17) is 0 Å². The van der Waals surface area contributed by atoms with Crippen LogP contribution in [0, 0.1) is 20.2 Å². The second-order valence-electron chi connectivity index (χ2n) is 2.00. The number of para-hydroxylation sites is 2. The Morgan fingerprint density at radius 2 is 1.21 bits per heavy atom. The van der Waals surface area contributed by atoms with Crippen LogP contribution in [-0.2, 0) is 0 Å². The number of rotatable bonds is 2. The van der Waals surface area contributed by atoms with Crippen LogP contribution < -0.4 is 0 Å². The van der Waals surface area contributed by atoms with Crippen LogP contribution in [0.4, 0.5) is 11.4 Å². The van der Waals surface area contributed by atoms with Crippen molar-refractivity contribution in [3.8, 4) is 0 Å². The standard InChI is InChI=1S/C6H4N2O4.C2H6/c9-7(10)5-3-1-2-4-6(5)8(11)12;1-2/h1-4H;1-2H3. The van der Waals surface area contributed by atoms with Gasteiger partial charge in [-0.3, -0.25) is 20.2 Å². The van der Waals surface area contributed by atoms with Crippen molar-refractivity contribution < 1.29 is 9.85 Å². The summed E-state index contributed by atoms with van der Waals surface area (Å²) in [7, 11) is 0. The van der Waals surface area contributed by atoms with Crippen LogP contribution in [0.3, 0.4) is 0 Å². The quantitative estimate of drug-likeness (QED) is 0.539. The molecule has 0 aliphatic rings. The maximum Gasteiger partial charge on any atom is 0.346 e. The van der Waals surface area contributed by atoms with Gasteiger partial charge in [-0.1, -0.05) is 26.0 Å². The first kappa shape index (κ1) is 12.0. The molecule has 0 aliphatic heterocycles. The van der Waals surface area contributed by atoms with Gasteiger partial charge in [-0.15, -0.1) is 0 Å². The van der Waals surface area contributed by atoms with Crippen molar-refractivity contribution in [3.05, 3.63) is 44.5 Å². The number of hydrogen-bond acceptors (Lipinski definition) is 4. The van der Waals surface area contributed by atoms with Crippen LogP contribution in [0.25, 0.3) is 0 Å². The average molecular weight is 198 g/mol. The first-order valence-corrected chi connectivity index (χ1v) is 4.00. The minimum atomic E-state index is -0.780. The summed E-state index contributed by atoms with van der Waals surface area (Å²) in [5, 5.41) is 20.5. The maximum atomic E-state index is 10.2. The summed E-state index contributed by atoms with van der Waals surface area (Å²) in [6, 6.07) is 4.95. The van der Waals surface area contributed by atoms with E-state index in [1.165, 1.54) is 12.1 Å². The zero-order valence-electron chi connectivity index (χ0n) is 7.84. The molecule has 1 aromatic rings. The van der Waals surface area contributed by atoms with Crippen LogP contribution in [0.5, 0.6) is 0 Å². The van der Waals surface area contributed by atoms with E-state index >= 15 is 0 Å². The fraction of sp³-hybridized carbons (Fsp3) is 0.250. The monoisotopic (exact) mass is 198 g/mol. The molecule has 0 spiro atoms. The predicted molar refractivity (Wildman–Crippen MR) is 51.1 cm³/mol. The molecule has 0 aliphatic carbocycles. The van der Waals surface area contributed by atoms with Crippen molar-refractivity contribution >= 4 is 11.4 Å². The molecule has 0 radical (unpaired) electrons. The molecule has 0 atom stereocenters. The van der Waals surface area contributed by atoms with E-state index in [-0.39, 0.29) is 0 Å². The lowest BCUT2D eigenvalue weighted by atomic mass is 10.3. The molecule has 0 fully saturated rings. The lowest BCUT2D eigenvalue weighted by molar-refractivity contribution is -0.422. The molecule has 76 valence electrons. The summed E-state index contributed by atoms with van der Waals surface area (Å²) >= 11 is 0. The van der Waals surface area contributed by atoms with E-state index in [0.29, 0.717) is 0 Å². The number of hydrogen-bond donors (Lipinski definition) is 0. The molecule has 1 rings (SSSR count). The average Bonchev–Trinajstić information content (AvgIpc) is 2.20. The largest absolute Gasteiger partial charge is 0.346 e. The lowest BCUT2D eigenvalue weighted by Crippen LogP contribution is -1.95. The molecule has 0 N–H and O–H groups in total. The highest BCUT2D eigenvalue weighted by atomic mass is 16.6. The van der Waals surface area contributed by atoms with Gasteiger partial charge in [-0.25, -0.2) is 0 Å². The number of nitro groups is 2. The van der Waals surface area contributed by atoms with Gasteiger partial charge in [-0.05, 0) is 0 Å². The second-order valence-corrected chi connectivity index (χ2v) is 2.00. The van der Waals surface area contributed by atoms with E-state index in [0.717, 1.165) is 12.1 Å². The third kappa shape index (κ3) is 2.81. The highest BCUT2D eigenvalue weighted by molar-refractivity contribution is 5.51. The normalized spacial score (nSPS) is 8.43. The Morgan fingerprint density at radius 3 is 1.43 bits per heavy atom. The lowest BCUT2D eigenvalue weighted by Gasteiger charge is -1.91. The zero-order chi connectivity index (χ0) is 11.1. The van der Waals surface area contributed by atoms with E-state index < -0.39 is 21.2 Å². The molecular weight excluding hydrogens is 188 g/mol. The Kier molecular flexibility index (Phi) is 4.83. The molecule has 1 aromatic carbocycles. The van der Waals surface area contributed by atoms with Gasteiger partial charge in [0.15, 0.2) is 0 Å². The van der Waals surface area contributed by atoms with Crippen LogP contribution >= 0.6 is 0 Å². The third-order valence-electron chi connectivity index (χ3n) is 1.28. The predicted octanol–water partition coefficient (Wildman–Crippen LogP) is 2.53. The summed E-state index contributed by atoms with van der Waals surface area (Å²) in [6.07, 6.45) is 0. The molecule has 6 nitrogen and oxygen atoms in total. The maximum absolute atomic E-state index is 10.2. The van der Waals surface area contributed by atoms with Gasteiger partial charge in [0.25, 0.3) is 0 Å².